The summed E-state index contributed by atoms with van der Waals surface area (Å²) < 4.78 is 7.14. The van der Waals surface area contributed by atoms with Crippen molar-refractivity contribution < 1.29 is 9.53 Å². The topological polar surface area (TPSA) is 59.4 Å². The Balaban J connectivity index is 1.44. The van der Waals surface area contributed by atoms with Crippen LogP contribution in [0.5, 0.6) is 5.75 Å². The first-order valence-electron chi connectivity index (χ1n) is 10.4. The summed E-state index contributed by atoms with van der Waals surface area (Å²) in [6, 6.07) is 17.8. The third kappa shape index (κ3) is 4.39. The van der Waals surface area contributed by atoms with Crippen molar-refractivity contribution >= 4 is 5.91 Å². The van der Waals surface area contributed by atoms with E-state index in [1.54, 1.807) is 13.3 Å². The number of nitrogens with zero attached hydrogens (tertiary/aromatic N) is 3. The lowest BCUT2D eigenvalue weighted by Gasteiger charge is -2.28. The number of carbonyl (C=O) groups is 1. The van der Waals surface area contributed by atoms with Crippen LogP contribution in [0.1, 0.15) is 40.5 Å². The fraction of sp³-hybridized carbons (Fsp3) is 0.333. The second-order valence-electron chi connectivity index (χ2n) is 7.67. The van der Waals surface area contributed by atoms with Crippen molar-refractivity contribution in [1.82, 2.24) is 20.0 Å². The van der Waals surface area contributed by atoms with Gasteiger partial charge in [0.2, 0.25) is 0 Å². The molecule has 0 unspecified atom stereocenters. The molecule has 2 heterocycles. The van der Waals surface area contributed by atoms with Crippen LogP contribution in [0.3, 0.4) is 0 Å². The molecule has 0 radical (unpaired) electrons. The quantitative estimate of drug-likeness (QED) is 0.651. The Kier molecular flexibility index (Phi) is 6.14. The highest BCUT2D eigenvalue weighted by Gasteiger charge is 2.24. The SMILES string of the molecule is COc1ccc([C@@H](CNC(=O)c2ccc(-n3nccc3C)cc2)N2CCCC2)cc1. The van der Waals surface area contributed by atoms with E-state index < -0.39 is 0 Å². The van der Waals surface area contributed by atoms with Gasteiger partial charge >= 0.3 is 0 Å². The summed E-state index contributed by atoms with van der Waals surface area (Å²) in [6.45, 7) is 4.70. The molecular formula is C24H28N4O2. The van der Waals surface area contributed by atoms with Gasteiger partial charge in [0.05, 0.1) is 18.8 Å². The van der Waals surface area contributed by atoms with E-state index in [2.05, 4.69) is 27.4 Å². The van der Waals surface area contributed by atoms with Gasteiger partial charge in [-0.25, -0.2) is 4.68 Å². The molecule has 2 aromatic carbocycles. The molecular weight excluding hydrogens is 376 g/mol. The molecule has 0 aliphatic carbocycles. The van der Waals surface area contributed by atoms with Crippen LogP contribution in [0, 0.1) is 6.92 Å². The number of ether oxygens (including phenoxy) is 1. The Morgan fingerprint density at radius 3 is 2.37 bits per heavy atom. The molecule has 156 valence electrons. The fourth-order valence-corrected chi connectivity index (χ4v) is 4.02. The van der Waals surface area contributed by atoms with Crippen molar-refractivity contribution in [2.75, 3.05) is 26.7 Å². The molecule has 0 bridgehead atoms. The number of hydrogen-bond donors (Lipinski definition) is 1. The Hall–Kier alpha value is -3.12. The van der Waals surface area contributed by atoms with E-state index in [0.717, 1.165) is 30.2 Å². The van der Waals surface area contributed by atoms with E-state index in [4.69, 9.17) is 4.74 Å². The average molecular weight is 405 g/mol. The second kappa shape index (κ2) is 9.13. The molecule has 1 N–H and O–H groups in total. The van der Waals surface area contributed by atoms with Crippen LogP contribution in [-0.2, 0) is 0 Å². The van der Waals surface area contributed by atoms with E-state index >= 15 is 0 Å². The summed E-state index contributed by atoms with van der Waals surface area (Å²) in [5.41, 5.74) is 3.85. The standard InChI is InChI=1S/C24H28N4O2/c1-18-13-14-26-28(18)21-9-5-20(6-10-21)24(29)25-17-23(27-15-3-4-16-27)19-7-11-22(30-2)12-8-19/h5-14,23H,3-4,15-17H2,1-2H3,(H,25,29)/t23-/m1/s1. The third-order valence-corrected chi connectivity index (χ3v) is 5.74. The van der Waals surface area contributed by atoms with Gasteiger partial charge < -0.3 is 10.1 Å². The summed E-state index contributed by atoms with van der Waals surface area (Å²) in [7, 11) is 1.67. The van der Waals surface area contributed by atoms with Gasteiger partial charge in [0.1, 0.15) is 5.75 Å². The number of carbonyl (C=O) groups excluding carboxylic acids is 1. The molecule has 6 heteroatoms. The van der Waals surface area contributed by atoms with Gasteiger partial charge in [-0.15, -0.1) is 0 Å². The molecule has 1 aromatic heterocycles. The molecule has 1 saturated heterocycles. The number of benzene rings is 2. The van der Waals surface area contributed by atoms with Crippen LogP contribution in [0.15, 0.2) is 60.8 Å². The lowest BCUT2D eigenvalue weighted by Crippen LogP contribution is -2.36. The highest BCUT2D eigenvalue weighted by Crippen LogP contribution is 2.26. The molecule has 1 aliphatic heterocycles. The zero-order valence-corrected chi connectivity index (χ0v) is 17.5. The maximum atomic E-state index is 12.8. The number of likely N-dealkylation sites (tertiary alicyclic amines) is 1. The highest BCUT2D eigenvalue weighted by atomic mass is 16.5. The molecule has 1 amide bonds. The Bertz CT molecular complexity index is 973. The molecule has 0 spiro atoms. The van der Waals surface area contributed by atoms with Gasteiger partial charge in [0, 0.05) is 24.0 Å². The first kappa shape index (κ1) is 20.2. The molecule has 4 rings (SSSR count). The van der Waals surface area contributed by atoms with Crippen LogP contribution < -0.4 is 10.1 Å². The van der Waals surface area contributed by atoms with Gasteiger partial charge in [-0.2, -0.15) is 5.10 Å². The lowest BCUT2D eigenvalue weighted by atomic mass is 10.0. The van der Waals surface area contributed by atoms with Crippen molar-refractivity contribution in [3.8, 4) is 11.4 Å². The summed E-state index contributed by atoms with van der Waals surface area (Å²) in [5.74, 6) is 0.784. The summed E-state index contributed by atoms with van der Waals surface area (Å²) in [4.78, 5) is 15.2. The lowest BCUT2D eigenvalue weighted by molar-refractivity contribution is 0.0938. The normalized spacial score (nSPS) is 15.1. The number of aromatic nitrogens is 2. The van der Waals surface area contributed by atoms with Crippen molar-refractivity contribution in [1.29, 1.82) is 0 Å². The first-order valence-corrected chi connectivity index (χ1v) is 10.4. The zero-order valence-electron chi connectivity index (χ0n) is 17.5. The minimum atomic E-state index is -0.0588. The molecule has 6 nitrogen and oxygen atoms in total. The maximum Gasteiger partial charge on any atom is 0.251 e. The average Bonchev–Trinajstić information content (AvgIpc) is 3.46. The second-order valence-corrected chi connectivity index (χ2v) is 7.67. The monoisotopic (exact) mass is 404 g/mol. The van der Waals surface area contributed by atoms with Crippen LogP contribution in [0.2, 0.25) is 0 Å². The summed E-state index contributed by atoms with van der Waals surface area (Å²) >= 11 is 0. The van der Waals surface area contributed by atoms with E-state index in [0.29, 0.717) is 12.1 Å². The number of amides is 1. The molecule has 30 heavy (non-hydrogen) atoms. The fourth-order valence-electron chi connectivity index (χ4n) is 4.02. The highest BCUT2D eigenvalue weighted by molar-refractivity contribution is 5.94. The molecule has 0 saturated carbocycles. The maximum absolute atomic E-state index is 12.8. The van der Waals surface area contributed by atoms with Crippen molar-refractivity contribution in [2.24, 2.45) is 0 Å². The van der Waals surface area contributed by atoms with E-state index in [1.165, 1.54) is 18.4 Å². The first-order chi connectivity index (χ1) is 14.7. The minimum Gasteiger partial charge on any atom is -0.497 e. The predicted octanol–water partition coefficient (Wildman–Crippen LogP) is 3.76. The molecule has 1 fully saturated rings. The minimum absolute atomic E-state index is 0.0588. The summed E-state index contributed by atoms with van der Waals surface area (Å²) in [5, 5.41) is 7.45. The van der Waals surface area contributed by atoms with Crippen LogP contribution in [0.4, 0.5) is 0 Å². The smallest absolute Gasteiger partial charge is 0.251 e. The molecule has 1 atom stereocenters. The molecule has 1 aliphatic rings. The number of nitrogens with one attached hydrogen (secondary N) is 1. The van der Waals surface area contributed by atoms with E-state index in [9.17, 15) is 4.79 Å². The Morgan fingerprint density at radius 2 is 1.77 bits per heavy atom. The number of rotatable bonds is 7. The van der Waals surface area contributed by atoms with Crippen LogP contribution in [0.25, 0.3) is 5.69 Å². The number of hydrogen-bond acceptors (Lipinski definition) is 4. The van der Waals surface area contributed by atoms with Crippen molar-refractivity contribution in [3.63, 3.8) is 0 Å². The van der Waals surface area contributed by atoms with Crippen LogP contribution in [-0.4, -0.2) is 47.3 Å². The third-order valence-electron chi connectivity index (χ3n) is 5.74. The van der Waals surface area contributed by atoms with Gasteiger partial charge in [-0.05, 0) is 80.9 Å². The largest absolute Gasteiger partial charge is 0.497 e. The van der Waals surface area contributed by atoms with Crippen molar-refractivity contribution in [2.45, 2.75) is 25.8 Å². The Morgan fingerprint density at radius 1 is 1.07 bits per heavy atom. The van der Waals surface area contributed by atoms with Gasteiger partial charge in [-0.3, -0.25) is 9.69 Å². The predicted molar refractivity (Wildman–Crippen MR) is 117 cm³/mol. The van der Waals surface area contributed by atoms with Gasteiger partial charge in [0.25, 0.3) is 5.91 Å². The summed E-state index contributed by atoms with van der Waals surface area (Å²) in [6.07, 6.45) is 4.18. The number of methoxy groups -OCH3 is 1. The van der Waals surface area contributed by atoms with Crippen molar-refractivity contribution in [3.05, 3.63) is 77.6 Å². The zero-order chi connectivity index (χ0) is 20.9. The Labute approximate surface area is 177 Å². The van der Waals surface area contributed by atoms with E-state index in [1.807, 2.05) is 54.1 Å². The van der Waals surface area contributed by atoms with E-state index in [-0.39, 0.29) is 11.9 Å². The van der Waals surface area contributed by atoms with Gasteiger partial charge in [-0.1, -0.05) is 12.1 Å². The molecule has 3 aromatic rings. The number of aryl methyl sites for hydroxylation is 1. The van der Waals surface area contributed by atoms with Gasteiger partial charge in [0.15, 0.2) is 0 Å². The van der Waals surface area contributed by atoms with Crippen LogP contribution >= 0.6 is 0 Å².